The van der Waals surface area contributed by atoms with E-state index in [1.807, 2.05) is 60.7 Å². The summed E-state index contributed by atoms with van der Waals surface area (Å²) >= 11 is 6.32. The summed E-state index contributed by atoms with van der Waals surface area (Å²) in [4.78, 5) is 36.2. The van der Waals surface area contributed by atoms with Crippen molar-refractivity contribution in [2.45, 2.75) is 6.54 Å². The fourth-order valence-electron chi connectivity index (χ4n) is 4.27. The van der Waals surface area contributed by atoms with Gasteiger partial charge in [-0.15, -0.1) is 0 Å². The van der Waals surface area contributed by atoms with Crippen LogP contribution < -0.4 is 16.1 Å². The van der Waals surface area contributed by atoms with Gasteiger partial charge in [-0.3, -0.25) is 14.3 Å². The Labute approximate surface area is 189 Å². The van der Waals surface area contributed by atoms with Gasteiger partial charge in [-0.2, -0.15) is 0 Å². The van der Waals surface area contributed by atoms with Crippen molar-refractivity contribution in [3.8, 4) is 11.3 Å². The largest absolute Gasteiger partial charge is 0.368 e. The molecule has 5 rings (SSSR count). The third-order valence-electron chi connectivity index (χ3n) is 6.05. The molecule has 164 valence electrons. The van der Waals surface area contributed by atoms with Crippen LogP contribution in [-0.2, 0) is 6.54 Å². The molecule has 0 spiro atoms. The first-order valence-corrected chi connectivity index (χ1v) is 11.1. The van der Waals surface area contributed by atoms with E-state index in [4.69, 9.17) is 11.6 Å². The molecule has 2 aromatic carbocycles. The molecule has 0 amide bonds. The molecule has 0 radical (unpaired) electrons. The number of nitrogens with zero attached hydrogens (tertiary/aromatic N) is 3. The molecular weight excluding hydrogens is 426 g/mol. The van der Waals surface area contributed by atoms with Crippen LogP contribution in [0, 0.1) is 0 Å². The van der Waals surface area contributed by atoms with Crippen molar-refractivity contribution in [1.82, 2.24) is 19.4 Å². The molecule has 4 aromatic rings. The predicted octanol–water partition coefficient (Wildman–Crippen LogP) is 3.16. The molecule has 2 aromatic heterocycles. The summed E-state index contributed by atoms with van der Waals surface area (Å²) in [5, 5.41) is 0.758. The number of nitrogens with one attached hydrogen (secondary N) is 2. The van der Waals surface area contributed by atoms with Crippen LogP contribution in [0.15, 0.2) is 70.3 Å². The highest BCUT2D eigenvalue weighted by Crippen LogP contribution is 2.26. The van der Waals surface area contributed by atoms with Crippen LogP contribution in [0.3, 0.4) is 0 Å². The van der Waals surface area contributed by atoms with Gasteiger partial charge in [0.15, 0.2) is 0 Å². The number of halogens is 1. The first kappa shape index (κ1) is 20.6. The monoisotopic (exact) mass is 449 g/mol. The zero-order valence-corrected chi connectivity index (χ0v) is 18.3. The van der Waals surface area contributed by atoms with Crippen LogP contribution in [0.1, 0.15) is 0 Å². The quantitative estimate of drug-likeness (QED) is 0.490. The molecule has 1 fully saturated rings. The van der Waals surface area contributed by atoms with Crippen molar-refractivity contribution >= 4 is 28.3 Å². The first-order valence-electron chi connectivity index (χ1n) is 10.7. The minimum atomic E-state index is -0.379. The Hall–Kier alpha value is -3.29. The number of rotatable bonds is 5. The van der Waals surface area contributed by atoms with Crippen molar-refractivity contribution in [2.75, 3.05) is 37.6 Å². The van der Waals surface area contributed by atoms with E-state index < -0.39 is 0 Å². The molecule has 1 saturated heterocycles. The van der Waals surface area contributed by atoms with Crippen LogP contribution >= 0.6 is 11.6 Å². The van der Waals surface area contributed by atoms with E-state index >= 15 is 0 Å². The minimum Gasteiger partial charge on any atom is -0.368 e. The summed E-state index contributed by atoms with van der Waals surface area (Å²) in [6.07, 6.45) is 0. The van der Waals surface area contributed by atoms with Crippen molar-refractivity contribution in [2.24, 2.45) is 0 Å². The molecular formula is C24H24ClN5O2. The molecule has 0 aliphatic carbocycles. The van der Waals surface area contributed by atoms with E-state index in [2.05, 4.69) is 19.8 Å². The van der Waals surface area contributed by atoms with Crippen LogP contribution in [0.4, 0.5) is 5.69 Å². The molecule has 2 N–H and O–H groups in total. The number of fused-ring (bicyclic) bond motifs is 1. The van der Waals surface area contributed by atoms with E-state index in [-0.39, 0.29) is 11.2 Å². The summed E-state index contributed by atoms with van der Waals surface area (Å²) in [6.45, 7) is 4.38. The smallest absolute Gasteiger partial charge is 0.328 e. The molecule has 7 nitrogen and oxygen atoms in total. The molecule has 3 heterocycles. The fourth-order valence-corrected chi connectivity index (χ4v) is 4.53. The molecule has 0 saturated carbocycles. The van der Waals surface area contributed by atoms with Gasteiger partial charge in [-0.05, 0) is 23.8 Å². The number of aromatic nitrogens is 3. The third kappa shape index (κ3) is 3.97. The van der Waals surface area contributed by atoms with Crippen molar-refractivity contribution in [1.29, 1.82) is 0 Å². The molecule has 1 aliphatic heterocycles. The maximum Gasteiger partial charge on any atom is 0.328 e. The Morgan fingerprint density at radius 3 is 2.31 bits per heavy atom. The average Bonchev–Trinajstić information content (AvgIpc) is 3.25. The maximum atomic E-state index is 13.0. The number of anilines is 1. The fraction of sp³-hybridized carbons (Fsp3) is 0.250. The van der Waals surface area contributed by atoms with Gasteiger partial charge in [0.25, 0.3) is 5.56 Å². The van der Waals surface area contributed by atoms with Crippen molar-refractivity contribution in [3.63, 3.8) is 0 Å². The zero-order valence-electron chi connectivity index (χ0n) is 17.6. The highest BCUT2D eigenvalue weighted by Gasteiger charge is 2.19. The van der Waals surface area contributed by atoms with Crippen LogP contribution in [0.5, 0.6) is 0 Å². The summed E-state index contributed by atoms with van der Waals surface area (Å²) in [6, 6.07) is 19.4. The topological polar surface area (TPSA) is 77.1 Å². The normalized spacial score (nSPS) is 14.8. The summed E-state index contributed by atoms with van der Waals surface area (Å²) in [5.41, 5.74) is 3.11. The van der Waals surface area contributed by atoms with Crippen LogP contribution in [0.25, 0.3) is 22.3 Å². The molecule has 1 aliphatic rings. The van der Waals surface area contributed by atoms with Gasteiger partial charge in [0.05, 0.1) is 16.2 Å². The second kappa shape index (κ2) is 8.68. The number of piperazine rings is 1. The first-order chi connectivity index (χ1) is 15.6. The maximum absolute atomic E-state index is 13.0. The lowest BCUT2D eigenvalue weighted by Crippen LogP contribution is -2.48. The van der Waals surface area contributed by atoms with Gasteiger partial charge in [0.2, 0.25) is 0 Å². The third-order valence-corrected chi connectivity index (χ3v) is 6.37. The standard InChI is InChI=1S/C24H24ClN5O2/c25-18-8-4-5-9-21(18)29-13-10-28(11-14-29)12-15-30-23(31)22-20(27-24(30)32)16-19(26-22)17-6-2-1-3-7-17/h1-9,16,26H,10-15H2,(H,27,32). The van der Waals surface area contributed by atoms with Gasteiger partial charge >= 0.3 is 5.69 Å². The molecule has 0 unspecified atom stereocenters. The van der Waals surface area contributed by atoms with E-state index in [0.717, 1.165) is 48.1 Å². The summed E-state index contributed by atoms with van der Waals surface area (Å²) in [7, 11) is 0. The number of hydrogen-bond donors (Lipinski definition) is 2. The Morgan fingerprint density at radius 1 is 0.844 bits per heavy atom. The van der Waals surface area contributed by atoms with Gasteiger partial charge < -0.3 is 14.9 Å². The Balaban J connectivity index is 1.29. The number of para-hydroxylation sites is 1. The van der Waals surface area contributed by atoms with E-state index in [0.29, 0.717) is 24.1 Å². The van der Waals surface area contributed by atoms with Crippen molar-refractivity contribution < 1.29 is 0 Å². The van der Waals surface area contributed by atoms with Gasteiger partial charge in [-0.25, -0.2) is 4.79 Å². The van der Waals surface area contributed by atoms with Gasteiger partial charge in [-0.1, -0.05) is 54.1 Å². The lowest BCUT2D eigenvalue weighted by molar-refractivity contribution is 0.246. The SMILES string of the molecule is O=c1[nH]c2cc(-c3ccccc3)[nH]c2c(=O)n1CCN1CCN(c2ccccc2Cl)CC1. The minimum absolute atomic E-state index is 0.291. The Morgan fingerprint density at radius 2 is 1.56 bits per heavy atom. The highest BCUT2D eigenvalue weighted by molar-refractivity contribution is 6.33. The van der Waals surface area contributed by atoms with E-state index in [1.54, 1.807) is 0 Å². The Kier molecular flexibility index (Phi) is 5.59. The average molecular weight is 450 g/mol. The predicted molar refractivity (Wildman–Crippen MR) is 129 cm³/mol. The van der Waals surface area contributed by atoms with Crippen molar-refractivity contribution in [3.05, 3.63) is 86.5 Å². The molecule has 0 bridgehead atoms. The lowest BCUT2D eigenvalue weighted by Gasteiger charge is -2.36. The van der Waals surface area contributed by atoms with Crippen LogP contribution in [0.2, 0.25) is 5.02 Å². The molecule has 32 heavy (non-hydrogen) atoms. The summed E-state index contributed by atoms with van der Waals surface area (Å²) < 4.78 is 1.29. The second-order valence-electron chi connectivity index (χ2n) is 8.00. The Bertz CT molecular complexity index is 1350. The zero-order chi connectivity index (χ0) is 22.1. The number of H-pyrrole nitrogens is 2. The van der Waals surface area contributed by atoms with E-state index in [9.17, 15) is 9.59 Å². The number of aromatic amines is 2. The summed E-state index contributed by atoms with van der Waals surface area (Å²) in [5.74, 6) is 0. The van der Waals surface area contributed by atoms with Gasteiger partial charge in [0.1, 0.15) is 5.52 Å². The van der Waals surface area contributed by atoms with Gasteiger partial charge in [0, 0.05) is 45.0 Å². The lowest BCUT2D eigenvalue weighted by atomic mass is 10.2. The second-order valence-corrected chi connectivity index (χ2v) is 8.41. The number of hydrogen-bond acceptors (Lipinski definition) is 4. The molecule has 8 heteroatoms. The van der Waals surface area contributed by atoms with Crippen LogP contribution in [-0.4, -0.2) is 52.2 Å². The van der Waals surface area contributed by atoms with E-state index in [1.165, 1.54) is 4.57 Å². The highest BCUT2D eigenvalue weighted by atomic mass is 35.5. The number of benzene rings is 2. The molecule has 0 atom stereocenters.